The van der Waals surface area contributed by atoms with Crippen LogP contribution in [0.4, 0.5) is 0 Å². The summed E-state index contributed by atoms with van der Waals surface area (Å²) in [6.45, 7) is 1.98. The molecule has 0 heterocycles. The zero-order chi connectivity index (χ0) is 11.3. The Kier molecular flexibility index (Phi) is 4.31. The summed E-state index contributed by atoms with van der Waals surface area (Å²) in [7, 11) is 1.34. The maximum atomic E-state index is 11.6. The Labute approximate surface area is 89.7 Å². The Morgan fingerprint density at radius 1 is 1.33 bits per heavy atom. The molecule has 15 heavy (non-hydrogen) atoms. The highest BCUT2D eigenvalue weighted by Gasteiger charge is 2.10. The summed E-state index contributed by atoms with van der Waals surface area (Å²) in [4.78, 5) is 11.1. The minimum absolute atomic E-state index is 0.375. The summed E-state index contributed by atoms with van der Waals surface area (Å²) >= 11 is 0. The van der Waals surface area contributed by atoms with Crippen molar-refractivity contribution in [3.05, 3.63) is 35.4 Å². The SMILES string of the molecule is CCCC([O])c1ccc(C(=O)OC)cc1. The van der Waals surface area contributed by atoms with Crippen LogP contribution in [0.3, 0.4) is 0 Å². The monoisotopic (exact) mass is 207 g/mol. The van der Waals surface area contributed by atoms with Gasteiger partial charge in [-0.15, -0.1) is 0 Å². The number of carbonyl (C=O) groups excluding carboxylic acids is 1. The van der Waals surface area contributed by atoms with E-state index in [1.807, 2.05) is 6.92 Å². The molecule has 81 valence electrons. The van der Waals surface area contributed by atoms with Gasteiger partial charge in [-0.2, -0.15) is 0 Å². The lowest BCUT2D eigenvalue weighted by atomic mass is 10.0. The fourth-order valence-electron chi connectivity index (χ4n) is 1.38. The van der Waals surface area contributed by atoms with E-state index in [-0.39, 0.29) is 5.97 Å². The van der Waals surface area contributed by atoms with Crippen LogP contribution in [0, 0.1) is 0 Å². The van der Waals surface area contributed by atoms with Gasteiger partial charge in [-0.1, -0.05) is 25.5 Å². The van der Waals surface area contributed by atoms with Gasteiger partial charge in [-0.25, -0.2) is 9.90 Å². The zero-order valence-electron chi connectivity index (χ0n) is 9.03. The van der Waals surface area contributed by atoms with Gasteiger partial charge in [-0.3, -0.25) is 0 Å². The topological polar surface area (TPSA) is 46.2 Å². The standard InChI is InChI=1S/C12H15O3/c1-3-4-11(13)9-5-7-10(8-6-9)12(14)15-2/h5-8,11H,3-4H2,1-2H3. The van der Waals surface area contributed by atoms with Crippen molar-refractivity contribution in [3.8, 4) is 0 Å². The Balaban J connectivity index is 2.76. The van der Waals surface area contributed by atoms with E-state index in [4.69, 9.17) is 0 Å². The summed E-state index contributed by atoms with van der Waals surface area (Å²) in [6.07, 6.45) is 0.798. The molecule has 1 rings (SSSR count). The van der Waals surface area contributed by atoms with E-state index >= 15 is 0 Å². The first-order valence-corrected chi connectivity index (χ1v) is 5.03. The van der Waals surface area contributed by atoms with Crippen LogP contribution in [0.15, 0.2) is 24.3 Å². The van der Waals surface area contributed by atoms with E-state index in [2.05, 4.69) is 4.74 Å². The third-order valence-electron chi connectivity index (χ3n) is 2.25. The van der Waals surface area contributed by atoms with Crippen molar-refractivity contribution in [2.24, 2.45) is 0 Å². The second kappa shape index (κ2) is 5.51. The number of ether oxygens (including phenoxy) is 1. The summed E-state index contributed by atoms with van der Waals surface area (Å²) in [5, 5.41) is 11.6. The maximum Gasteiger partial charge on any atom is 0.337 e. The molecule has 1 aromatic rings. The summed E-state index contributed by atoms with van der Waals surface area (Å²) in [5.41, 5.74) is 1.20. The van der Waals surface area contributed by atoms with Gasteiger partial charge in [0.05, 0.1) is 12.7 Å². The van der Waals surface area contributed by atoms with Gasteiger partial charge in [0.25, 0.3) is 0 Å². The van der Waals surface area contributed by atoms with E-state index in [1.54, 1.807) is 24.3 Å². The smallest absolute Gasteiger partial charge is 0.337 e. The quantitative estimate of drug-likeness (QED) is 0.712. The van der Waals surface area contributed by atoms with Gasteiger partial charge in [0.1, 0.15) is 6.10 Å². The second-order valence-electron chi connectivity index (χ2n) is 3.39. The molecule has 3 heteroatoms. The molecule has 1 aromatic carbocycles. The number of carbonyl (C=O) groups is 1. The zero-order valence-corrected chi connectivity index (χ0v) is 9.03. The van der Waals surface area contributed by atoms with Crippen LogP contribution in [0.2, 0.25) is 0 Å². The Morgan fingerprint density at radius 3 is 2.40 bits per heavy atom. The van der Waals surface area contributed by atoms with E-state index in [1.165, 1.54) is 7.11 Å². The molecule has 1 atom stereocenters. The Hall–Kier alpha value is -1.35. The molecule has 0 aliphatic rings. The van der Waals surface area contributed by atoms with E-state index in [0.29, 0.717) is 12.0 Å². The van der Waals surface area contributed by atoms with Crippen molar-refractivity contribution in [2.75, 3.05) is 7.11 Å². The third kappa shape index (κ3) is 3.06. The van der Waals surface area contributed by atoms with Crippen LogP contribution in [0.5, 0.6) is 0 Å². The van der Waals surface area contributed by atoms with Crippen LogP contribution in [0.25, 0.3) is 0 Å². The first-order valence-electron chi connectivity index (χ1n) is 5.03. The van der Waals surface area contributed by atoms with Crippen LogP contribution in [-0.4, -0.2) is 13.1 Å². The molecule has 0 fully saturated rings. The fraction of sp³-hybridized carbons (Fsp3) is 0.417. The van der Waals surface area contributed by atoms with Gasteiger partial charge in [0.15, 0.2) is 0 Å². The van der Waals surface area contributed by atoms with Crippen LogP contribution in [0.1, 0.15) is 41.8 Å². The average Bonchev–Trinajstić information content (AvgIpc) is 2.28. The maximum absolute atomic E-state index is 11.6. The van der Waals surface area contributed by atoms with E-state index in [9.17, 15) is 9.90 Å². The van der Waals surface area contributed by atoms with Crippen LogP contribution in [-0.2, 0) is 9.84 Å². The van der Waals surface area contributed by atoms with Gasteiger partial charge >= 0.3 is 5.97 Å². The minimum Gasteiger partial charge on any atom is -0.465 e. The van der Waals surface area contributed by atoms with Gasteiger partial charge in [-0.05, 0) is 24.1 Å². The summed E-state index contributed by atoms with van der Waals surface area (Å²) in [6, 6.07) is 6.64. The number of methoxy groups -OCH3 is 1. The fourth-order valence-corrected chi connectivity index (χ4v) is 1.38. The molecule has 1 unspecified atom stereocenters. The van der Waals surface area contributed by atoms with Crippen molar-refractivity contribution < 1.29 is 14.6 Å². The predicted molar refractivity (Wildman–Crippen MR) is 56.1 cm³/mol. The van der Waals surface area contributed by atoms with Crippen LogP contribution < -0.4 is 0 Å². The molecular weight excluding hydrogens is 192 g/mol. The molecule has 0 aliphatic carbocycles. The molecule has 3 nitrogen and oxygen atoms in total. The number of esters is 1. The highest BCUT2D eigenvalue weighted by atomic mass is 16.5. The minimum atomic E-state index is -0.693. The van der Waals surface area contributed by atoms with E-state index < -0.39 is 6.10 Å². The van der Waals surface area contributed by atoms with Gasteiger partial charge in [0.2, 0.25) is 0 Å². The highest BCUT2D eigenvalue weighted by Crippen LogP contribution is 2.19. The van der Waals surface area contributed by atoms with Crippen molar-refractivity contribution in [1.82, 2.24) is 0 Å². The van der Waals surface area contributed by atoms with Gasteiger partial charge in [0, 0.05) is 0 Å². The lowest BCUT2D eigenvalue weighted by molar-refractivity contribution is 0.0599. The molecule has 1 radical (unpaired) electrons. The first kappa shape index (κ1) is 11.7. The largest absolute Gasteiger partial charge is 0.465 e. The number of benzene rings is 1. The van der Waals surface area contributed by atoms with Crippen molar-refractivity contribution in [2.45, 2.75) is 25.9 Å². The number of hydrogen-bond donors (Lipinski definition) is 0. The molecule has 0 bridgehead atoms. The molecule has 0 aliphatic heterocycles. The second-order valence-corrected chi connectivity index (χ2v) is 3.39. The summed E-state index contributed by atoms with van der Waals surface area (Å²) < 4.78 is 4.57. The number of hydrogen-bond acceptors (Lipinski definition) is 2. The lowest BCUT2D eigenvalue weighted by Crippen LogP contribution is -2.02. The van der Waals surface area contributed by atoms with Crippen LogP contribution >= 0.6 is 0 Å². The molecule has 0 saturated carbocycles. The van der Waals surface area contributed by atoms with Crippen molar-refractivity contribution >= 4 is 5.97 Å². The predicted octanol–water partition coefficient (Wildman–Crippen LogP) is 2.74. The summed E-state index contributed by atoms with van der Waals surface area (Å²) in [5.74, 6) is -0.375. The highest BCUT2D eigenvalue weighted by molar-refractivity contribution is 5.89. The molecule has 0 amide bonds. The van der Waals surface area contributed by atoms with Gasteiger partial charge < -0.3 is 4.74 Å². The molecule has 0 aromatic heterocycles. The average molecular weight is 207 g/mol. The molecule has 0 N–H and O–H groups in total. The molecule has 0 saturated heterocycles. The lowest BCUT2D eigenvalue weighted by Gasteiger charge is -2.07. The molecular formula is C12H15O3. The normalized spacial score (nSPS) is 12.2. The first-order chi connectivity index (χ1) is 7.19. The van der Waals surface area contributed by atoms with Crippen molar-refractivity contribution in [3.63, 3.8) is 0 Å². The van der Waals surface area contributed by atoms with Crippen molar-refractivity contribution in [1.29, 1.82) is 0 Å². The Morgan fingerprint density at radius 2 is 1.93 bits per heavy atom. The molecule has 0 spiro atoms. The van der Waals surface area contributed by atoms with E-state index in [0.717, 1.165) is 12.0 Å². The third-order valence-corrected chi connectivity index (χ3v) is 2.25. The Bertz CT molecular complexity index is 316. The number of rotatable bonds is 4.